The lowest BCUT2D eigenvalue weighted by atomic mass is 10.1. The highest BCUT2D eigenvalue weighted by Crippen LogP contribution is 2.23. The summed E-state index contributed by atoms with van der Waals surface area (Å²) in [4.78, 5) is 10.8. The summed E-state index contributed by atoms with van der Waals surface area (Å²) in [6.07, 6.45) is 3.19. The van der Waals surface area contributed by atoms with E-state index in [4.69, 9.17) is 0 Å². The Morgan fingerprint density at radius 1 is 1.40 bits per heavy atom. The first-order chi connectivity index (χ1) is 12.2. The molecule has 0 bridgehead atoms. The summed E-state index contributed by atoms with van der Waals surface area (Å²) in [7, 11) is 2.23. The molecule has 3 aromatic rings. The second-order valence-electron chi connectivity index (χ2n) is 7.20. The van der Waals surface area contributed by atoms with Gasteiger partial charge in [-0.3, -0.25) is 10.00 Å². The highest BCUT2D eigenvalue weighted by molar-refractivity contribution is 7.09. The number of aryl methyl sites for hydroxylation is 1. The Bertz CT molecular complexity index is 839. The maximum absolute atomic E-state index is 4.36. The van der Waals surface area contributed by atoms with E-state index >= 15 is 0 Å². The summed E-state index contributed by atoms with van der Waals surface area (Å²) in [5, 5.41) is 8.53. The topological polar surface area (TPSA) is 48.1 Å². The Hall–Kier alpha value is -1.76. The minimum Gasteiger partial charge on any atom is -0.301 e. The monoisotopic (exact) mass is 355 g/mol. The second kappa shape index (κ2) is 7.23. The molecule has 1 fully saturated rings. The van der Waals surface area contributed by atoms with Crippen molar-refractivity contribution in [2.75, 3.05) is 26.7 Å². The number of thiazole rings is 1. The van der Waals surface area contributed by atoms with Crippen molar-refractivity contribution < 1.29 is 0 Å². The molecule has 1 atom stereocenters. The number of fused-ring (bicyclic) bond motifs is 1. The van der Waals surface area contributed by atoms with Crippen molar-refractivity contribution in [2.45, 2.75) is 26.4 Å². The Labute approximate surface area is 152 Å². The molecular formula is C19H25N5S. The molecule has 0 aliphatic carbocycles. The number of benzene rings is 1. The lowest BCUT2D eigenvalue weighted by Crippen LogP contribution is -2.28. The molecule has 0 unspecified atom stereocenters. The normalized spacial score (nSPS) is 18.6. The zero-order chi connectivity index (χ0) is 17.2. The molecule has 0 spiro atoms. The summed E-state index contributed by atoms with van der Waals surface area (Å²) in [5.41, 5.74) is 5.66. The number of aromatic nitrogens is 3. The lowest BCUT2D eigenvalue weighted by molar-refractivity contribution is 0.256. The number of aromatic amines is 1. The van der Waals surface area contributed by atoms with E-state index in [0.717, 1.165) is 25.6 Å². The molecule has 132 valence electrons. The van der Waals surface area contributed by atoms with Crippen LogP contribution in [0, 0.1) is 12.8 Å². The molecule has 2 aromatic heterocycles. The fraction of sp³-hybridized carbons (Fsp3) is 0.474. The minimum absolute atomic E-state index is 0.749. The average Bonchev–Trinajstić information content (AvgIpc) is 3.31. The summed E-state index contributed by atoms with van der Waals surface area (Å²) < 4.78 is 0. The Balaban J connectivity index is 1.32. The second-order valence-corrected chi connectivity index (χ2v) is 8.14. The van der Waals surface area contributed by atoms with Gasteiger partial charge in [-0.15, -0.1) is 11.3 Å². The number of H-pyrrole nitrogens is 1. The lowest BCUT2D eigenvalue weighted by Gasteiger charge is -2.21. The quantitative estimate of drug-likeness (QED) is 0.737. The van der Waals surface area contributed by atoms with E-state index in [1.807, 2.05) is 11.7 Å². The van der Waals surface area contributed by atoms with Crippen molar-refractivity contribution in [3.05, 3.63) is 46.0 Å². The van der Waals surface area contributed by atoms with Crippen LogP contribution in [0.25, 0.3) is 10.9 Å². The van der Waals surface area contributed by atoms with Gasteiger partial charge in [0.25, 0.3) is 0 Å². The van der Waals surface area contributed by atoms with Gasteiger partial charge in [0.2, 0.25) is 0 Å². The third kappa shape index (κ3) is 3.76. The standard InChI is InChI=1S/C19H25N5S/c1-14-18(25-13-20-14)12-23(2)9-15-6-7-24(10-15)11-17-5-3-4-16-8-21-22-19(16)17/h3-5,8,13,15H,6-7,9-12H2,1-2H3,(H,21,22)/t15-/m0/s1. The average molecular weight is 356 g/mol. The van der Waals surface area contributed by atoms with Crippen LogP contribution >= 0.6 is 11.3 Å². The van der Waals surface area contributed by atoms with Gasteiger partial charge in [-0.2, -0.15) is 5.10 Å². The molecule has 1 aromatic carbocycles. The van der Waals surface area contributed by atoms with Gasteiger partial charge in [0.05, 0.1) is 22.9 Å². The molecule has 0 radical (unpaired) electrons. The van der Waals surface area contributed by atoms with Gasteiger partial charge < -0.3 is 4.90 Å². The zero-order valence-electron chi connectivity index (χ0n) is 14.9. The minimum atomic E-state index is 0.749. The molecular weight excluding hydrogens is 330 g/mol. The largest absolute Gasteiger partial charge is 0.301 e. The maximum atomic E-state index is 4.36. The van der Waals surface area contributed by atoms with Crippen LogP contribution in [0.15, 0.2) is 29.9 Å². The SMILES string of the molecule is Cc1ncsc1CN(C)C[C@@H]1CCN(Cc2cccc3cn[nH]c23)C1. The van der Waals surface area contributed by atoms with Gasteiger partial charge in [0.15, 0.2) is 0 Å². The van der Waals surface area contributed by atoms with Crippen molar-refractivity contribution in [1.82, 2.24) is 25.0 Å². The predicted molar refractivity (Wildman–Crippen MR) is 103 cm³/mol. The van der Waals surface area contributed by atoms with E-state index in [1.165, 1.54) is 46.5 Å². The van der Waals surface area contributed by atoms with E-state index < -0.39 is 0 Å². The Kier molecular flexibility index (Phi) is 4.83. The van der Waals surface area contributed by atoms with Gasteiger partial charge in [-0.25, -0.2) is 4.98 Å². The maximum Gasteiger partial charge on any atom is 0.0798 e. The first kappa shape index (κ1) is 16.7. The molecule has 3 heterocycles. The van der Waals surface area contributed by atoms with E-state index in [9.17, 15) is 0 Å². The summed E-state index contributed by atoms with van der Waals surface area (Å²) in [5.74, 6) is 0.749. The smallest absolute Gasteiger partial charge is 0.0798 e. The highest BCUT2D eigenvalue weighted by atomic mass is 32.1. The molecule has 1 saturated heterocycles. The van der Waals surface area contributed by atoms with E-state index in [-0.39, 0.29) is 0 Å². The molecule has 4 rings (SSSR count). The van der Waals surface area contributed by atoms with Crippen LogP contribution in [0.3, 0.4) is 0 Å². The van der Waals surface area contributed by atoms with E-state index in [2.05, 4.69) is 57.2 Å². The third-order valence-electron chi connectivity index (χ3n) is 5.16. The number of nitrogens with one attached hydrogen (secondary N) is 1. The molecule has 1 N–H and O–H groups in total. The van der Waals surface area contributed by atoms with E-state index in [0.29, 0.717) is 0 Å². The van der Waals surface area contributed by atoms with Crippen LogP contribution in [0.5, 0.6) is 0 Å². The van der Waals surface area contributed by atoms with Crippen LogP contribution < -0.4 is 0 Å². The first-order valence-electron chi connectivity index (χ1n) is 8.90. The van der Waals surface area contributed by atoms with Crippen LogP contribution in [-0.2, 0) is 13.1 Å². The third-order valence-corrected chi connectivity index (χ3v) is 6.07. The van der Waals surface area contributed by atoms with Gasteiger partial charge >= 0.3 is 0 Å². The fourth-order valence-electron chi connectivity index (χ4n) is 3.84. The summed E-state index contributed by atoms with van der Waals surface area (Å²) in [6.45, 7) is 7.64. The van der Waals surface area contributed by atoms with Crippen LogP contribution in [0.1, 0.15) is 22.6 Å². The number of nitrogens with zero attached hydrogens (tertiary/aromatic N) is 4. The van der Waals surface area contributed by atoms with Gasteiger partial charge in [-0.05, 0) is 38.4 Å². The Morgan fingerprint density at radius 3 is 3.16 bits per heavy atom. The first-order valence-corrected chi connectivity index (χ1v) is 9.78. The fourth-order valence-corrected chi connectivity index (χ4v) is 4.69. The van der Waals surface area contributed by atoms with Crippen molar-refractivity contribution in [1.29, 1.82) is 0 Å². The number of likely N-dealkylation sites (tertiary alicyclic amines) is 1. The van der Waals surface area contributed by atoms with Gasteiger partial charge in [-0.1, -0.05) is 18.2 Å². The zero-order valence-corrected chi connectivity index (χ0v) is 15.7. The number of hydrogen-bond acceptors (Lipinski definition) is 5. The molecule has 5 nitrogen and oxygen atoms in total. The van der Waals surface area contributed by atoms with Crippen molar-refractivity contribution in [3.8, 4) is 0 Å². The van der Waals surface area contributed by atoms with Crippen molar-refractivity contribution >= 4 is 22.2 Å². The molecule has 1 aliphatic heterocycles. The molecule has 25 heavy (non-hydrogen) atoms. The number of rotatable bonds is 6. The van der Waals surface area contributed by atoms with Crippen LogP contribution in [0.2, 0.25) is 0 Å². The van der Waals surface area contributed by atoms with Crippen LogP contribution in [0.4, 0.5) is 0 Å². The Morgan fingerprint density at radius 2 is 2.32 bits per heavy atom. The molecule has 0 amide bonds. The summed E-state index contributed by atoms with van der Waals surface area (Å²) >= 11 is 1.77. The number of hydrogen-bond donors (Lipinski definition) is 1. The van der Waals surface area contributed by atoms with Gasteiger partial charge in [0.1, 0.15) is 0 Å². The van der Waals surface area contributed by atoms with Crippen LogP contribution in [-0.4, -0.2) is 51.7 Å². The van der Waals surface area contributed by atoms with E-state index in [1.54, 1.807) is 11.3 Å². The molecule has 6 heteroatoms. The summed E-state index contributed by atoms with van der Waals surface area (Å²) in [6, 6.07) is 6.46. The highest BCUT2D eigenvalue weighted by Gasteiger charge is 2.24. The van der Waals surface area contributed by atoms with Crippen molar-refractivity contribution in [2.24, 2.45) is 5.92 Å². The number of para-hydroxylation sites is 1. The predicted octanol–water partition coefficient (Wildman–Crippen LogP) is 3.28. The van der Waals surface area contributed by atoms with Crippen molar-refractivity contribution in [3.63, 3.8) is 0 Å². The molecule has 1 aliphatic rings. The molecule has 0 saturated carbocycles. The van der Waals surface area contributed by atoms with Gasteiger partial charge in [0, 0.05) is 36.4 Å².